The first kappa shape index (κ1) is 30.5. The average Bonchev–Trinajstić information content (AvgIpc) is 2.57. The number of carbonyl (C=O) groups is 4. The number of hydrogen-bond acceptors (Lipinski definition) is 8. The number of rotatable bonds is 17. The van der Waals surface area contributed by atoms with Gasteiger partial charge in [0.2, 0.25) is 0 Å². The Balaban J connectivity index is -0.00000312. The topological polar surface area (TPSA) is 206 Å². The van der Waals surface area contributed by atoms with Crippen LogP contribution in [0.3, 0.4) is 0 Å². The van der Waals surface area contributed by atoms with Crippen molar-refractivity contribution in [3.05, 3.63) is 0 Å². The number of carboxylic acid groups (broad SMARTS) is 2. The SMILES string of the molecule is O=C([O-])CCCCC(=O)OCCCCCCOC(=O)CCCCC(=O)[O-].[NH4+].[NH4+]. The quantitative estimate of drug-likeness (QED) is 0.261. The van der Waals surface area contributed by atoms with E-state index in [1.807, 2.05) is 0 Å². The van der Waals surface area contributed by atoms with Gasteiger partial charge < -0.3 is 41.6 Å². The summed E-state index contributed by atoms with van der Waals surface area (Å²) in [5.41, 5.74) is 0. The Morgan fingerprint density at radius 3 is 1.14 bits per heavy atom. The lowest BCUT2D eigenvalue weighted by atomic mass is 10.2. The summed E-state index contributed by atoms with van der Waals surface area (Å²) in [6.07, 6.45) is 5.26. The van der Waals surface area contributed by atoms with Crippen LogP contribution in [0.5, 0.6) is 0 Å². The molecule has 0 rings (SSSR count). The zero-order chi connectivity index (χ0) is 19.6. The number of carbonyl (C=O) groups excluding carboxylic acids is 4. The van der Waals surface area contributed by atoms with Crippen LogP contribution in [0.25, 0.3) is 0 Å². The van der Waals surface area contributed by atoms with Gasteiger partial charge in [-0.1, -0.05) is 0 Å². The zero-order valence-electron chi connectivity index (χ0n) is 17.2. The lowest BCUT2D eigenvalue weighted by molar-refractivity contribution is -0.307. The van der Waals surface area contributed by atoms with E-state index < -0.39 is 11.9 Å². The Morgan fingerprint density at radius 1 is 0.500 bits per heavy atom. The Labute approximate surface area is 166 Å². The fourth-order valence-electron chi connectivity index (χ4n) is 2.15. The summed E-state index contributed by atoms with van der Waals surface area (Å²) >= 11 is 0. The van der Waals surface area contributed by atoms with Crippen molar-refractivity contribution in [1.82, 2.24) is 12.3 Å². The van der Waals surface area contributed by atoms with Crippen molar-refractivity contribution in [3.8, 4) is 0 Å². The van der Waals surface area contributed by atoms with E-state index in [1.165, 1.54) is 0 Å². The summed E-state index contributed by atoms with van der Waals surface area (Å²) in [6.45, 7) is 0.662. The molecule has 8 N–H and O–H groups in total. The summed E-state index contributed by atoms with van der Waals surface area (Å²) in [4.78, 5) is 43.1. The Morgan fingerprint density at radius 2 is 0.821 bits per heavy atom. The van der Waals surface area contributed by atoms with Gasteiger partial charge in [-0.2, -0.15) is 0 Å². The molecule has 10 heteroatoms. The van der Waals surface area contributed by atoms with E-state index in [0.717, 1.165) is 25.7 Å². The number of carboxylic acids is 2. The minimum atomic E-state index is -1.11. The second kappa shape index (κ2) is 21.1. The van der Waals surface area contributed by atoms with E-state index in [2.05, 4.69) is 0 Å². The van der Waals surface area contributed by atoms with Gasteiger partial charge in [0.25, 0.3) is 0 Å². The van der Waals surface area contributed by atoms with Gasteiger partial charge in [-0.3, -0.25) is 9.59 Å². The number of quaternary nitrogens is 2. The maximum absolute atomic E-state index is 11.4. The summed E-state index contributed by atoms with van der Waals surface area (Å²) in [6, 6.07) is 0. The van der Waals surface area contributed by atoms with Crippen molar-refractivity contribution in [1.29, 1.82) is 0 Å². The molecule has 28 heavy (non-hydrogen) atoms. The van der Waals surface area contributed by atoms with Crippen molar-refractivity contribution < 1.29 is 38.9 Å². The van der Waals surface area contributed by atoms with Crippen LogP contribution >= 0.6 is 0 Å². The van der Waals surface area contributed by atoms with Crippen molar-refractivity contribution in [2.24, 2.45) is 0 Å². The molecule has 0 fully saturated rings. The number of hydrogen-bond donors (Lipinski definition) is 2. The van der Waals surface area contributed by atoms with Crippen LogP contribution in [-0.4, -0.2) is 37.1 Å². The molecule has 0 amide bonds. The van der Waals surface area contributed by atoms with E-state index in [4.69, 9.17) is 9.47 Å². The van der Waals surface area contributed by atoms with Gasteiger partial charge in [0.15, 0.2) is 0 Å². The lowest BCUT2D eigenvalue weighted by Gasteiger charge is -2.06. The molecule has 0 unspecified atom stereocenters. The molecule has 0 aromatic carbocycles. The van der Waals surface area contributed by atoms with Crippen LogP contribution in [0.4, 0.5) is 0 Å². The Hall–Kier alpha value is -2.20. The van der Waals surface area contributed by atoms with E-state index in [1.54, 1.807) is 0 Å². The van der Waals surface area contributed by atoms with E-state index in [0.29, 0.717) is 38.9 Å². The third kappa shape index (κ3) is 23.8. The number of esters is 2. The maximum atomic E-state index is 11.4. The Bertz CT molecular complexity index is 403. The highest BCUT2D eigenvalue weighted by Gasteiger charge is 2.04. The molecule has 10 nitrogen and oxygen atoms in total. The molecule has 0 aromatic heterocycles. The van der Waals surface area contributed by atoms with Crippen LogP contribution in [0.15, 0.2) is 0 Å². The second-order valence-corrected chi connectivity index (χ2v) is 6.01. The average molecular weight is 408 g/mol. The molecular weight excluding hydrogens is 372 g/mol. The van der Waals surface area contributed by atoms with E-state index >= 15 is 0 Å². The highest BCUT2D eigenvalue weighted by atomic mass is 16.5. The first-order valence-electron chi connectivity index (χ1n) is 9.12. The van der Waals surface area contributed by atoms with Gasteiger partial charge in [-0.05, 0) is 64.2 Å². The Kier molecular flexibility index (Phi) is 23.0. The second-order valence-electron chi connectivity index (χ2n) is 6.01. The monoisotopic (exact) mass is 408 g/mol. The zero-order valence-corrected chi connectivity index (χ0v) is 17.2. The normalized spacial score (nSPS) is 9.57. The number of aliphatic carboxylic acids is 2. The largest absolute Gasteiger partial charge is 0.550 e. The molecule has 0 atom stereocenters. The molecule has 0 spiro atoms. The molecule has 0 saturated heterocycles. The number of ether oxygens (including phenoxy) is 2. The van der Waals surface area contributed by atoms with Crippen molar-refractivity contribution in [3.63, 3.8) is 0 Å². The first-order valence-corrected chi connectivity index (χ1v) is 9.12. The molecule has 166 valence electrons. The highest BCUT2D eigenvalue weighted by Crippen LogP contribution is 2.05. The van der Waals surface area contributed by atoms with Gasteiger partial charge >= 0.3 is 11.9 Å². The molecule has 0 aliphatic carbocycles. The fraction of sp³-hybridized carbons (Fsp3) is 0.778. The van der Waals surface area contributed by atoms with Gasteiger partial charge in [-0.25, -0.2) is 0 Å². The van der Waals surface area contributed by atoms with Crippen LogP contribution < -0.4 is 22.5 Å². The molecule has 0 aromatic rings. The molecule has 0 radical (unpaired) electrons. The van der Waals surface area contributed by atoms with Crippen molar-refractivity contribution in [2.75, 3.05) is 13.2 Å². The fourth-order valence-corrected chi connectivity index (χ4v) is 2.15. The summed E-state index contributed by atoms with van der Waals surface area (Å²) in [5.74, 6) is -2.87. The summed E-state index contributed by atoms with van der Waals surface area (Å²) in [7, 11) is 0. The molecular formula is C18H36N2O8. The maximum Gasteiger partial charge on any atom is 0.305 e. The first-order chi connectivity index (χ1) is 12.4. The standard InChI is InChI=1S/C18H30O8.2H3N/c19-15(20)9-3-5-11-17(23)25-13-7-1-2-8-14-26-18(24)12-6-4-10-16(21)22;;/h1-14H2,(H,19,20)(H,21,22);2*1H3. The molecule has 0 bridgehead atoms. The third-order valence-electron chi connectivity index (χ3n) is 3.59. The van der Waals surface area contributed by atoms with Crippen LogP contribution in [0, 0.1) is 0 Å². The summed E-state index contributed by atoms with van der Waals surface area (Å²) in [5, 5.41) is 20.4. The van der Waals surface area contributed by atoms with Crippen LogP contribution in [0.1, 0.15) is 77.0 Å². The predicted octanol–water partition coefficient (Wildman–Crippen LogP) is 1.01. The predicted molar refractivity (Wildman–Crippen MR) is 99.3 cm³/mol. The van der Waals surface area contributed by atoms with E-state index in [9.17, 15) is 29.4 Å². The van der Waals surface area contributed by atoms with E-state index in [-0.39, 0.29) is 49.9 Å². The van der Waals surface area contributed by atoms with Gasteiger partial charge in [0.05, 0.1) is 13.2 Å². The molecule has 0 aliphatic heterocycles. The van der Waals surface area contributed by atoms with Crippen molar-refractivity contribution in [2.45, 2.75) is 77.0 Å². The molecule has 0 heterocycles. The highest BCUT2D eigenvalue weighted by molar-refractivity contribution is 5.70. The smallest absolute Gasteiger partial charge is 0.305 e. The molecule has 0 aliphatic rings. The third-order valence-corrected chi connectivity index (χ3v) is 3.59. The van der Waals surface area contributed by atoms with Crippen LogP contribution in [0.2, 0.25) is 0 Å². The minimum absolute atomic E-state index is 0. The molecule has 0 saturated carbocycles. The number of unbranched alkanes of at least 4 members (excludes halogenated alkanes) is 5. The van der Waals surface area contributed by atoms with Crippen LogP contribution in [-0.2, 0) is 28.7 Å². The van der Waals surface area contributed by atoms with Gasteiger partial charge in [0, 0.05) is 24.8 Å². The van der Waals surface area contributed by atoms with Gasteiger partial charge in [0.1, 0.15) is 0 Å². The lowest BCUT2D eigenvalue weighted by Crippen LogP contribution is -2.21. The van der Waals surface area contributed by atoms with Gasteiger partial charge in [-0.15, -0.1) is 0 Å². The minimum Gasteiger partial charge on any atom is -0.550 e. The van der Waals surface area contributed by atoms with Crippen molar-refractivity contribution >= 4 is 23.9 Å². The summed E-state index contributed by atoms with van der Waals surface area (Å²) < 4.78 is 10.1.